The van der Waals surface area contributed by atoms with Gasteiger partial charge in [0.2, 0.25) is 0 Å². The largest absolute Gasteiger partial charge is 0.456 e. The second kappa shape index (κ2) is 13.2. The van der Waals surface area contributed by atoms with Crippen LogP contribution < -0.4 is 0 Å². The van der Waals surface area contributed by atoms with Crippen LogP contribution in [-0.4, -0.2) is 24.9 Å². The van der Waals surface area contributed by atoms with Gasteiger partial charge < -0.3 is 4.42 Å². The molecule has 0 saturated carbocycles. The summed E-state index contributed by atoms with van der Waals surface area (Å²) in [6, 6.07) is 59.9. The van der Waals surface area contributed by atoms with Crippen LogP contribution in [0.5, 0.6) is 0 Å². The van der Waals surface area contributed by atoms with Gasteiger partial charge in [-0.3, -0.25) is 0 Å². The van der Waals surface area contributed by atoms with Crippen molar-refractivity contribution in [3.8, 4) is 67.9 Å². The highest BCUT2D eigenvalue weighted by atomic mass is 32.1. The molecule has 0 radical (unpaired) electrons. The summed E-state index contributed by atoms with van der Waals surface area (Å²) < 4.78 is 8.78. The minimum atomic E-state index is 0.573. The summed E-state index contributed by atoms with van der Waals surface area (Å²) in [5.41, 5.74) is 10.3. The molecule has 0 spiro atoms. The van der Waals surface area contributed by atoms with Gasteiger partial charge in [-0.15, -0.1) is 11.3 Å². The minimum Gasteiger partial charge on any atom is -0.456 e. The molecule has 0 amide bonds. The second-order valence-electron chi connectivity index (χ2n) is 13.7. The normalized spacial score (nSPS) is 11.6. The number of thiophene rings is 1. The number of hydrogen-bond donors (Lipinski definition) is 0. The van der Waals surface area contributed by atoms with Crippen LogP contribution in [0.25, 0.3) is 110 Å². The molecule has 7 heteroatoms. The molecule has 0 aliphatic rings. The molecule has 0 aliphatic heterocycles. The Bertz CT molecular complexity index is 3250. The molecule has 4 aromatic heterocycles. The number of hydrogen-bond acceptors (Lipinski definition) is 7. The van der Waals surface area contributed by atoms with E-state index in [9.17, 15) is 0 Å². The second-order valence-corrected chi connectivity index (χ2v) is 14.7. The van der Waals surface area contributed by atoms with Crippen molar-refractivity contribution in [2.24, 2.45) is 0 Å². The predicted octanol–water partition coefficient (Wildman–Crippen LogP) is 12.9. The molecule has 0 atom stereocenters. The summed E-state index contributed by atoms with van der Waals surface area (Å²) in [5, 5.41) is 3.15. The van der Waals surface area contributed by atoms with Gasteiger partial charge in [-0.1, -0.05) is 133 Å². The van der Waals surface area contributed by atoms with Crippen LogP contribution in [0.2, 0.25) is 0 Å². The average Bonchev–Trinajstić information content (AvgIpc) is 3.84. The SMILES string of the molecule is c1ccc(-c2cccc(-c3nc(-c4ccccc4)nc(-c4ccc5c(c4)oc4ccc(-c6nc(-c7ccccc7)nc7c6sc6ccccc67)cc45)n3)c2)cc1. The Morgan fingerprint density at radius 2 is 0.911 bits per heavy atom. The highest BCUT2D eigenvalue weighted by Gasteiger charge is 2.19. The molecule has 262 valence electrons. The number of nitrogens with zero attached hydrogens (tertiary/aromatic N) is 5. The molecule has 56 heavy (non-hydrogen) atoms. The Labute approximate surface area is 325 Å². The Balaban J connectivity index is 1.04. The number of furan rings is 1. The van der Waals surface area contributed by atoms with Crippen molar-refractivity contribution in [1.29, 1.82) is 0 Å². The Morgan fingerprint density at radius 1 is 0.339 bits per heavy atom. The average molecular weight is 736 g/mol. The lowest BCUT2D eigenvalue weighted by molar-refractivity contribution is 0.669. The highest BCUT2D eigenvalue weighted by molar-refractivity contribution is 7.26. The quantitative estimate of drug-likeness (QED) is 0.169. The molecule has 0 N–H and O–H groups in total. The van der Waals surface area contributed by atoms with Crippen molar-refractivity contribution in [3.05, 3.63) is 176 Å². The van der Waals surface area contributed by atoms with Crippen LogP contribution in [0.4, 0.5) is 0 Å². The van der Waals surface area contributed by atoms with E-state index in [2.05, 4.69) is 84.9 Å². The lowest BCUT2D eigenvalue weighted by Gasteiger charge is -2.09. The molecule has 0 saturated heterocycles. The maximum absolute atomic E-state index is 6.53. The minimum absolute atomic E-state index is 0.573. The van der Waals surface area contributed by atoms with Crippen LogP contribution in [0, 0.1) is 0 Å². The topological polar surface area (TPSA) is 77.6 Å². The number of aromatic nitrogens is 5. The van der Waals surface area contributed by atoms with Gasteiger partial charge in [-0.25, -0.2) is 24.9 Å². The monoisotopic (exact) mass is 735 g/mol. The van der Waals surface area contributed by atoms with E-state index >= 15 is 0 Å². The first kappa shape index (κ1) is 32.1. The van der Waals surface area contributed by atoms with E-state index in [1.807, 2.05) is 91.0 Å². The standard InChI is InChI=1S/C49H29N5OS/c1-4-13-30(14-5-1)33-19-12-20-35(27-33)48-52-47(32-17-8-3-9-18-32)53-49(54-48)36-23-25-37-39-28-34(24-26-40(39)55-41(37)29-36)43-45-44(38-21-10-11-22-42(38)56-45)51-46(50-43)31-15-6-2-7-16-31/h1-29H. The Morgan fingerprint density at radius 3 is 1.64 bits per heavy atom. The zero-order valence-electron chi connectivity index (χ0n) is 29.8. The van der Waals surface area contributed by atoms with Crippen LogP contribution in [0.3, 0.4) is 0 Å². The molecular formula is C49H29N5OS. The lowest BCUT2D eigenvalue weighted by atomic mass is 10.0. The van der Waals surface area contributed by atoms with E-state index in [4.69, 9.17) is 29.3 Å². The number of benzene rings is 7. The van der Waals surface area contributed by atoms with Gasteiger partial charge in [0.05, 0.1) is 15.9 Å². The van der Waals surface area contributed by atoms with Gasteiger partial charge in [0.15, 0.2) is 23.3 Å². The van der Waals surface area contributed by atoms with Crippen molar-refractivity contribution in [2.75, 3.05) is 0 Å². The molecule has 11 rings (SSSR count). The fourth-order valence-corrected chi connectivity index (χ4v) is 8.54. The summed E-state index contributed by atoms with van der Waals surface area (Å²) in [7, 11) is 0. The molecule has 11 aromatic rings. The third-order valence-corrected chi connectivity index (χ3v) is 11.3. The molecular weight excluding hydrogens is 707 g/mol. The summed E-state index contributed by atoms with van der Waals surface area (Å²) in [4.78, 5) is 25.3. The first-order valence-electron chi connectivity index (χ1n) is 18.4. The van der Waals surface area contributed by atoms with Crippen LogP contribution in [0.15, 0.2) is 180 Å². The molecule has 0 unspecified atom stereocenters. The van der Waals surface area contributed by atoms with Crippen molar-refractivity contribution >= 4 is 53.6 Å². The van der Waals surface area contributed by atoms with Gasteiger partial charge >= 0.3 is 0 Å². The maximum atomic E-state index is 6.53. The summed E-state index contributed by atoms with van der Waals surface area (Å²) >= 11 is 1.73. The van der Waals surface area contributed by atoms with Gasteiger partial charge in [-0.05, 0) is 53.6 Å². The molecule has 4 heterocycles. The molecule has 0 fully saturated rings. The Hall–Kier alpha value is -7.35. The molecule has 0 bridgehead atoms. The number of rotatable bonds is 6. The van der Waals surface area contributed by atoms with E-state index < -0.39 is 0 Å². The van der Waals surface area contributed by atoms with E-state index in [1.165, 1.54) is 4.70 Å². The first-order valence-corrected chi connectivity index (χ1v) is 19.2. The van der Waals surface area contributed by atoms with Crippen molar-refractivity contribution in [1.82, 2.24) is 24.9 Å². The third kappa shape index (κ3) is 5.61. The number of fused-ring (bicyclic) bond motifs is 6. The summed E-state index contributed by atoms with van der Waals surface area (Å²) in [5.74, 6) is 2.49. The highest BCUT2D eigenvalue weighted by Crippen LogP contribution is 2.41. The summed E-state index contributed by atoms with van der Waals surface area (Å²) in [6.07, 6.45) is 0. The molecule has 7 aromatic carbocycles. The van der Waals surface area contributed by atoms with E-state index in [1.54, 1.807) is 11.3 Å². The zero-order chi connectivity index (χ0) is 37.0. The van der Waals surface area contributed by atoms with E-state index in [0.717, 1.165) is 82.2 Å². The zero-order valence-corrected chi connectivity index (χ0v) is 30.6. The van der Waals surface area contributed by atoms with Gasteiger partial charge in [0.1, 0.15) is 11.2 Å². The fraction of sp³-hybridized carbons (Fsp3) is 0. The lowest BCUT2D eigenvalue weighted by Crippen LogP contribution is -2.00. The smallest absolute Gasteiger partial charge is 0.164 e. The van der Waals surface area contributed by atoms with Crippen LogP contribution in [-0.2, 0) is 0 Å². The van der Waals surface area contributed by atoms with Gasteiger partial charge in [-0.2, -0.15) is 0 Å². The predicted molar refractivity (Wildman–Crippen MR) is 228 cm³/mol. The van der Waals surface area contributed by atoms with E-state index in [0.29, 0.717) is 23.3 Å². The van der Waals surface area contributed by atoms with E-state index in [-0.39, 0.29) is 0 Å². The third-order valence-electron chi connectivity index (χ3n) is 10.1. The van der Waals surface area contributed by atoms with Crippen LogP contribution >= 0.6 is 11.3 Å². The molecule has 6 nitrogen and oxygen atoms in total. The molecule has 0 aliphatic carbocycles. The Kier molecular flexibility index (Phi) is 7.57. The summed E-state index contributed by atoms with van der Waals surface area (Å²) in [6.45, 7) is 0. The van der Waals surface area contributed by atoms with Crippen LogP contribution in [0.1, 0.15) is 0 Å². The van der Waals surface area contributed by atoms with Crippen molar-refractivity contribution in [2.45, 2.75) is 0 Å². The first-order chi connectivity index (χ1) is 27.7. The fourth-order valence-electron chi connectivity index (χ4n) is 7.39. The maximum Gasteiger partial charge on any atom is 0.164 e. The van der Waals surface area contributed by atoms with Gasteiger partial charge in [0.25, 0.3) is 0 Å². The van der Waals surface area contributed by atoms with Crippen molar-refractivity contribution < 1.29 is 4.42 Å². The van der Waals surface area contributed by atoms with Gasteiger partial charge in [0, 0.05) is 48.7 Å². The van der Waals surface area contributed by atoms with Crippen molar-refractivity contribution in [3.63, 3.8) is 0 Å².